The van der Waals surface area contributed by atoms with Gasteiger partial charge < -0.3 is 25.0 Å². The van der Waals surface area contributed by atoms with Crippen LogP contribution in [0.2, 0.25) is 0 Å². The van der Waals surface area contributed by atoms with Gasteiger partial charge in [-0.2, -0.15) is 0 Å². The molecule has 3 aromatic carbocycles. The van der Waals surface area contributed by atoms with Gasteiger partial charge in [0.25, 0.3) is 5.91 Å². The molecule has 2 aliphatic carbocycles. The Morgan fingerprint density at radius 2 is 1.67 bits per heavy atom. The molecule has 7 rings (SSSR count). The van der Waals surface area contributed by atoms with E-state index in [0.717, 1.165) is 48.6 Å². The first-order valence-corrected chi connectivity index (χ1v) is 16.5. The quantitative estimate of drug-likeness (QED) is 0.186. The van der Waals surface area contributed by atoms with Crippen molar-refractivity contribution in [3.63, 3.8) is 0 Å². The van der Waals surface area contributed by atoms with Gasteiger partial charge in [0.2, 0.25) is 5.91 Å². The number of anilines is 1. The Hall–Kier alpha value is -4.85. The summed E-state index contributed by atoms with van der Waals surface area (Å²) in [5, 5.41) is 16.2. The van der Waals surface area contributed by atoms with Gasteiger partial charge in [-0.15, -0.1) is 0 Å². The fourth-order valence-electron chi connectivity index (χ4n) is 7.65. The zero-order valence-corrected chi connectivity index (χ0v) is 25.9. The first-order valence-electron chi connectivity index (χ1n) is 16.5. The molecule has 0 spiro atoms. The van der Waals surface area contributed by atoms with Crippen molar-refractivity contribution >= 4 is 40.4 Å². The highest BCUT2D eigenvalue weighted by Gasteiger charge is 2.43. The summed E-state index contributed by atoms with van der Waals surface area (Å²) in [5.74, 6) is -0.149. The standard InChI is InChI=1S/C38H39N3O5/c42-33(43)19-14-25-12-16-28(17-13-25)39-37(45)38(20-6-7-21-38)40-36(44)27-15-18-29-31(24-27)41-22-23-46-32-11-5-4-10-30(32)35(41)34(29)26-8-2-1-3-9-26/h4-5,10-19,24,26H,1-3,6-9,20-23H2,(H,39,45)(H,40,44)(H,42,43)/b19-14+. The topological polar surface area (TPSA) is 110 Å². The summed E-state index contributed by atoms with van der Waals surface area (Å²) in [6, 6.07) is 21.3. The van der Waals surface area contributed by atoms with E-state index in [2.05, 4.69) is 33.4 Å². The number of para-hydroxylation sites is 1. The molecule has 46 heavy (non-hydrogen) atoms. The van der Waals surface area contributed by atoms with Gasteiger partial charge in [0.15, 0.2) is 0 Å². The van der Waals surface area contributed by atoms with Crippen molar-refractivity contribution in [1.82, 2.24) is 9.88 Å². The second-order valence-electron chi connectivity index (χ2n) is 12.8. The van der Waals surface area contributed by atoms with Crippen molar-refractivity contribution in [3.05, 3.63) is 89.5 Å². The first-order chi connectivity index (χ1) is 22.4. The fraction of sp³-hybridized carbons (Fsp3) is 0.342. The van der Waals surface area contributed by atoms with E-state index in [4.69, 9.17) is 9.84 Å². The maximum atomic E-state index is 13.9. The molecule has 4 aromatic rings. The summed E-state index contributed by atoms with van der Waals surface area (Å²) in [7, 11) is 0. The van der Waals surface area contributed by atoms with Gasteiger partial charge in [-0.3, -0.25) is 9.59 Å². The molecule has 2 amide bonds. The number of hydrogen-bond donors (Lipinski definition) is 3. The molecule has 1 aromatic heterocycles. The van der Waals surface area contributed by atoms with Crippen LogP contribution in [0.4, 0.5) is 5.69 Å². The number of benzene rings is 3. The third-order valence-corrected chi connectivity index (χ3v) is 9.93. The SMILES string of the molecule is O=C(O)/C=C/c1ccc(NC(=O)C2(NC(=O)c3ccc4c(C5CCCCC5)c5n(c4c3)CCOc3ccccc3-5)CCCC2)cc1. The molecule has 3 N–H and O–H groups in total. The minimum absolute atomic E-state index is 0.238. The number of carbonyl (C=O) groups is 3. The second-order valence-corrected chi connectivity index (χ2v) is 12.8. The van der Waals surface area contributed by atoms with Crippen molar-refractivity contribution in [3.8, 4) is 17.0 Å². The molecule has 0 saturated heterocycles. The Labute approximate surface area is 268 Å². The number of nitrogens with one attached hydrogen (secondary N) is 2. The van der Waals surface area contributed by atoms with Crippen LogP contribution in [0.15, 0.2) is 72.8 Å². The molecule has 8 heteroatoms. The van der Waals surface area contributed by atoms with Gasteiger partial charge in [-0.1, -0.05) is 62.4 Å². The molecule has 0 atom stereocenters. The Balaban J connectivity index is 1.19. The average Bonchev–Trinajstić information content (AvgIpc) is 3.62. The van der Waals surface area contributed by atoms with Crippen molar-refractivity contribution in [1.29, 1.82) is 0 Å². The third-order valence-electron chi connectivity index (χ3n) is 9.93. The third kappa shape index (κ3) is 5.68. The number of aromatic nitrogens is 1. The Kier molecular flexibility index (Phi) is 8.11. The van der Waals surface area contributed by atoms with Crippen molar-refractivity contribution in [2.45, 2.75) is 75.8 Å². The highest BCUT2D eigenvalue weighted by atomic mass is 16.5. The number of aliphatic carboxylic acids is 1. The van der Waals surface area contributed by atoms with Crippen LogP contribution < -0.4 is 15.4 Å². The van der Waals surface area contributed by atoms with E-state index >= 15 is 0 Å². The highest BCUT2D eigenvalue weighted by Crippen LogP contribution is 2.47. The van der Waals surface area contributed by atoms with E-state index in [1.807, 2.05) is 24.3 Å². The lowest BCUT2D eigenvalue weighted by molar-refractivity contribution is -0.131. The average molecular weight is 618 g/mol. The smallest absolute Gasteiger partial charge is 0.328 e. The molecule has 0 unspecified atom stereocenters. The van der Waals surface area contributed by atoms with Gasteiger partial charge in [-0.25, -0.2) is 4.79 Å². The van der Waals surface area contributed by atoms with Crippen LogP contribution in [0, 0.1) is 0 Å². The lowest BCUT2D eigenvalue weighted by Gasteiger charge is -2.29. The van der Waals surface area contributed by atoms with Crippen LogP contribution in [0.1, 0.15) is 85.2 Å². The monoisotopic (exact) mass is 617 g/mol. The molecule has 2 fully saturated rings. The molecule has 3 aliphatic rings. The van der Waals surface area contributed by atoms with Gasteiger partial charge in [0, 0.05) is 33.8 Å². The van der Waals surface area contributed by atoms with Gasteiger partial charge in [0.05, 0.1) is 12.2 Å². The summed E-state index contributed by atoms with van der Waals surface area (Å²) < 4.78 is 8.53. The van der Waals surface area contributed by atoms with Gasteiger partial charge in [0.1, 0.15) is 17.9 Å². The van der Waals surface area contributed by atoms with E-state index in [1.54, 1.807) is 24.3 Å². The molecule has 0 bridgehead atoms. The minimum Gasteiger partial charge on any atom is -0.491 e. The van der Waals surface area contributed by atoms with Crippen LogP contribution in [0.5, 0.6) is 5.75 Å². The summed E-state index contributed by atoms with van der Waals surface area (Å²) in [5.41, 5.74) is 5.55. The van der Waals surface area contributed by atoms with Crippen LogP contribution in [0.3, 0.4) is 0 Å². The van der Waals surface area contributed by atoms with Crippen molar-refractivity contribution < 1.29 is 24.2 Å². The highest BCUT2D eigenvalue weighted by molar-refractivity contribution is 6.06. The Morgan fingerprint density at radius 1 is 0.913 bits per heavy atom. The molecular weight excluding hydrogens is 578 g/mol. The maximum Gasteiger partial charge on any atom is 0.328 e. The van der Waals surface area contributed by atoms with Crippen molar-refractivity contribution in [2.75, 3.05) is 11.9 Å². The molecular formula is C38H39N3O5. The van der Waals surface area contributed by atoms with Gasteiger partial charge in [-0.05, 0) is 85.2 Å². The number of amides is 2. The van der Waals surface area contributed by atoms with Crippen LogP contribution in [-0.2, 0) is 16.1 Å². The number of nitrogens with zero attached hydrogens (tertiary/aromatic N) is 1. The normalized spacial score (nSPS) is 17.6. The Bertz CT molecular complexity index is 1830. The fourth-order valence-corrected chi connectivity index (χ4v) is 7.65. The zero-order valence-electron chi connectivity index (χ0n) is 25.9. The Morgan fingerprint density at radius 3 is 2.43 bits per heavy atom. The van der Waals surface area contributed by atoms with E-state index in [9.17, 15) is 14.4 Å². The minimum atomic E-state index is -1.02. The number of fused-ring (bicyclic) bond motifs is 5. The molecule has 2 heterocycles. The predicted molar refractivity (Wildman–Crippen MR) is 179 cm³/mol. The first kappa shape index (κ1) is 29.8. The number of carboxylic acids is 1. The van der Waals surface area contributed by atoms with E-state index in [1.165, 1.54) is 42.0 Å². The second kappa shape index (κ2) is 12.5. The molecule has 0 radical (unpaired) electrons. The molecule has 2 saturated carbocycles. The lowest BCUT2D eigenvalue weighted by Crippen LogP contribution is -2.55. The number of carbonyl (C=O) groups excluding carboxylic acids is 2. The largest absolute Gasteiger partial charge is 0.491 e. The number of ether oxygens (including phenoxy) is 1. The summed E-state index contributed by atoms with van der Waals surface area (Å²) in [6.45, 7) is 1.24. The molecule has 8 nitrogen and oxygen atoms in total. The summed E-state index contributed by atoms with van der Waals surface area (Å²) in [4.78, 5) is 38.5. The maximum absolute atomic E-state index is 13.9. The number of carboxylic acid groups (broad SMARTS) is 1. The van der Waals surface area contributed by atoms with E-state index in [-0.39, 0.29) is 11.8 Å². The van der Waals surface area contributed by atoms with Crippen LogP contribution >= 0.6 is 0 Å². The summed E-state index contributed by atoms with van der Waals surface area (Å²) in [6.07, 6.45) is 11.5. The number of hydrogen-bond acceptors (Lipinski definition) is 4. The van der Waals surface area contributed by atoms with Crippen LogP contribution in [-0.4, -0.2) is 39.6 Å². The van der Waals surface area contributed by atoms with E-state index in [0.29, 0.717) is 48.7 Å². The zero-order chi connectivity index (χ0) is 31.7. The predicted octanol–water partition coefficient (Wildman–Crippen LogP) is 7.53. The van der Waals surface area contributed by atoms with Crippen molar-refractivity contribution in [2.24, 2.45) is 0 Å². The molecule has 1 aliphatic heterocycles. The molecule has 236 valence electrons. The summed E-state index contributed by atoms with van der Waals surface area (Å²) >= 11 is 0. The van der Waals surface area contributed by atoms with E-state index < -0.39 is 11.5 Å². The van der Waals surface area contributed by atoms with Gasteiger partial charge >= 0.3 is 5.97 Å². The van der Waals surface area contributed by atoms with Crippen LogP contribution in [0.25, 0.3) is 28.2 Å². The number of rotatable bonds is 7. The lowest BCUT2D eigenvalue weighted by atomic mass is 9.81.